The molecule has 0 atom stereocenters. The smallest absolute Gasteiger partial charge is 0.362 e. The molecule has 0 radical (unpaired) electrons. The molecule has 0 aliphatic heterocycles. The zero-order chi connectivity index (χ0) is 11.3. The zero-order valence-corrected chi connectivity index (χ0v) is 8.93. The van der Waals surface area contributed by atoms with Crippen molar-refractivity contribution in [3.8, 4) is 0 Å². The second kappa shape index (κ2) is 5.14. The van der Waals surface area contributed by atoms with E-state index in [2.05, 4.69) is 15.1 Å². The standard InChI is InChI=1S/C9H13N3O3/c1-4-15-9(13)8(11-14-3)7-5-6-12(2)10-7/h5-6H,4H2,1-3H3. The number of rotatable bonds is 4. The molecule has 1 aromatic rings. The van der Waals surface area contributed by atoms with Gasteiger partial charge in [0, 0.05) is 13.2 Å². The first-order chi connectivity index (χ1) is 7.19. The van der Waals surface area contributed by atoms with Crippen molar-refractivity contribution in [2.75, 3.05) is 13.7 Å². The Balaban J connectivity index is 2.93. The van der Waals surface area contributed by atoms with Crippen molar-refractivity contribution in [1.29, 1.82) is 0 Å². The summed E-state index contributed by atoms with van der Waals surface area (Å²) >= 11 is 0. The highest BCUT2D eigenvalue weighted by atomic mass is 16.6. The van der Waals surface area contributed by atoms with Crippen LogP contribution < -0.4 is 0 Å². The van der Waals surface area contributed by atoms with Crippen molar-refractivity contribution in [1.82, 2.24) is 9.78 Å². The molecule has 1 heterocycles. The maximum absolute atomic E-state index is 11.5. The van der Waals surface area contributed by atoms with Gasteiger partial charge in [0.15, 0.2) is 0 Å². The van der Waals surface area contributed by atoms with Gasteiger partial charge in [-0.05, 0) is 13.0 Å². The van der Waals surface area contributed by atoms with Crippen LogP contribution in [0.5, 0.6) is 0 Å². The summed E-state index contributed by atoms with van der Waals surface area (Å²) in [5, 5.41) is 7.63. The largest absolute Gasteiger partial charge is 0.461 e. The van der Waals surface area contributed by atoms with E-state index in [9.17, 15) is 4.79 Å². The summed E-state index contributed by atoms with van der Waals surface area (Å²) in [5.41, 5.74) is 0.498. The normalized spacial score (nSPS) is 11.3. The molecule has 0 N–H and O–H groups in total. The summed E-state index contributed by atoms with van der Waals surface area (Å²) < 4.78 is 6.39. The molecule has 0 spiro atoms. The van der Waals surface area contributed by atoms with Crippen LogP contribution in [-0.2, 0) is 21.4 Å². The highest BCUT2D eigenvalue weighted by molar-refractivity contribution is 6.42. The fourth-order valence-electron chi connectivity index (χ4n) is 1.02. The molecular formula is C9H13N3O3. The fourth-order valence-corrected chi connectivity index (χ4v) is 1.02. The van der Waals surface area contributed by atoms with E-state index in [0.29, 0.717) is 5.69 Å². The minimum absolute atomic E-state index is 0.0694. The monoisotopic (exact) mass is 211 g/mol. The number of nitrogens with zero attached hydrogens (tertiary/aromatic N) is 3. The van der Waals surface area contributed by atoms with Crippen molar-refractivity contribution in [3.63, 3.8) is 0 Å². The lowest BCUT2D eigenvalue weighted by Crippen LogP contribution is -2.20. The molecule has 6 nitrogen and oxygen atoms in total. The van der Waals surface area contributed by atoms with E-state index in [1.165, 1.54) is 7.11 Å². The average Bonchev–Trinajstić information content (AvgIpc) is 2.61. The van der Waals surface area contributed by atoms with Gasteiger partial charge in [0.1, 0.15) is 12.8 Å². The van der Waals surface area contributed by atoms with E-state index in [4.69, 9.17) is 4.74 Å². The van der Waals surface area contributed by atoms with Crippen LogP contribution in [0.25, 0.3) is 0 Å². The first-order valence-electron chi connectivity index (χ1n) is 4.47. The van der Waals surface area contributed by atoms with Crippen LogP contribution in [0, 0.1) is 0 Å². The summed E-state index contributed by atoms with van der Waals surface area (Å²) in [6.07, 6.45) is 1.71. The van der Waals surface area contributed by atoms with Crippen LogP contribution in [0.15, 0.2) is 17.4 Å². The number of aromatic nitrogens is 2. The highest BCUT2D eigenvalue weighted by Gasteiger charge is 2.18. The first-order valence-corrected chi connectivity index (χ1v) is 4.47. The molecule has 0 unspecified atom stereocenters. The van der Waals surface area contributed by atoms with E-state index in [1.807, 2.05) is 0 Å². The lowest BCUT2D eigenvalue weighted by Gasteiger charge is -2.01. The number of oxime groups is 1. The van der Waals surface area contributed by atoms with Gasteiger partial charge in [-0.1, -0.05) is 5.16 Å². The molecule has 1 rings (SSSR count). The minimum Gasteiger partial charge on any atom is -0.461 e. The predicted molar refractivity (Wildman–Crippen MR) is 53.4 cm³/mol. The summed E-state index contributed by atoms with van der Waals surface area (Å²) in [6.45, 7) is 2.01. The topological polar surface area (TPSA) is 65.7 Å². The van der Waals surface area contributed by atoms with Gasteiger partial charge in [0.2, 0.25) is 5.71 Å². The summed E-state index contributed by atoms with van der Waals surface area (Å²) in [4.78, 5) is 16.0. The number of esters is 1. The Morgan fingerprint density at radius 3 is 2.87 bits per heavy atom. The Hall–Kier alpha value is -1.85. The van der Waals surface area contributed by atoms with Crippen molar-refractivity contribution in [3.05, 3.63) is 18.0 Å². The first kappa shape index (κ1) is 11.2. The number of ether oxygens (including phenoxy) is 1. The van der Waals surface area contributed by atoms with Crippen LogP contribution >= 0.6 is 0 Å². The second-order valence-electron chi connectivity index (χ2n) is 2.72. The molecule has 0 amide bonds. The van der Waals surface area contributed by atoms with Crippen molar-refractivity contribution < 1.29 is 14.4 Å². The Morgan fingerprint density at radius 1 is 1.67 bits per heavy atom. The molecule has 0 aromatic carbocycles. The highest BCUT2D eigenvalue weighted by Crippen LogP contribution is 2.00. The number of hydrogen-bond donors (Lipinski definition) is 0. The lowest BCUT2D eigenvalue weighted by molar-refractivity contribution is -0.135. The number of aryl methyl sites for hydroxylation is 1. The third-order valence-corrected chi connectivity index (χ3v) is 1.61. The summed E-state index contributed by atoms with van der Waals surface area (Å²) in [6, 6.07) is 1.66. The fraction of sp³-hybridized carbons (Fsp3) is 0.444. The van der Waals surface area contributed by atoms with Gasteiger partial charge in [-0.15, -0.1) is 0 Å². The summed E-state index contributed by atoms with van der Waals surface area (Å²) in [5.74, 6) is -0.543. The van der Waals surface area contributed by atoms with Crippen LogP contribution in [-0.4, -0.2) is 35.2 Å². The predicted octanol–water partition coefficient (Wildman–Crippen LogP) is 0.334. The number of carbonyl (C=O) groups excluding carboxylic acids is 1. The molecular weight excluding hydrogens is 198 g/mol. The second-order valence-corrected chi connectivity index (χ2v) is 2.72. The molecule has 0 saturated carbocycles. The third kappa shape index (κ3) is 2.80. The molecule has 0 saturated heterocycles. The van der Waals surface area contributed by atoms with Crippen LogP contribution in [0.2, 0.25) is 0 Å². The van der Waals surface area contributed by atoms with Crippen LogP contribution in [0.3, 0.4) is 0 Å². The maximum atomic E-state index is 11.5. The van der Waals surface area contributed by atoms with Crippen LogP contribution in [0.4, 0.5) is 0 Å². The third-order valence-electron chi connectivity index (χ3n) is 1.61. The zero-order valence-electron chi connectivity index (χ0n) is 8.93. The van der Waals surface area contributed by atoms with Gasteiger partial charge in [-0.3, -0.25) is 4.68 Å². The number of carbonyl (C=O) groups is 1. The Morgan fingerprint density at radius 2 is 2.40 bits per heavy atom. The van der Waals surface area contributed by atoms with Gasteiger partial charge in [0.05, 0.1) is 6.61 Å². The molecule has 82 valence electrons. The quantitative estimate of drug-likeness (QED) is 0.409. The molecule has 0 fully saturated rings. The van der Waals surface area contributed by atoms with Crippen molar-refractivity contribution in [2.45, 2.75) is 6.92 Å². The van der Waals surface area contributed by atoms with E-state index >= 15 is 0 Å². The molecule has 6 heteroatoms. The van der Waals surface area contributed by atoms with Gasteiger partial charge in [-0.2, -0.15) is 5.10 Å². The lowest BCUT2D eigenvalue weighted by atomic mass is 10.3. The number of hydrogen-bond acceptors (Lipinski definition) is 5. The van der Waals surface area contributed by atoms with Gasteiger partial charge in [0.25, 0.3) is 0 Å². The molecule has 0 aliphatic carbocycles. The Kier molecular flexibility index (Phi) is 3.84. The van der Waals surface area contributed by atoms with Crippen LogP contribution in [0.1, 0.15) is 12.6 Å². The maximum Gasteiger partial charge on any atom is 0.362 e. The molecule has 1 aromatic heterocycles. The minimum atomic E-state index is -0.543. The van der Waals surface area contributed by atoms with Gasteiger partial charge in [-0.25, -0.2) is 4.79 Å². The van der Waals surface area contributed by atoms with Gasteiger partial charge < -0.3 is 9.57 Å². The van der Waals surface area contributed by atoms with E-state index in [1.54, 1.807) is 30.9 Å². The average molecular weight is 211 g/mol. The van der Waals surface area contributed by atoms with Crippen molar-refractivity contribution in [2.24, 2.45) is 12.2 Å². The Bertz CT molecular complexity index is 370. The molecule has 15 heavy (non-hydrogen) atoms. The summed E-state index contributed by atoms with van der Waals surface area (Å²) in [7, 11) is 3.11. The Labute approximate surface area is 87.5 Å². The van der Waals surface area contributed by atoms with Gasteiger partial charge >= 0.3 is 5.97 Å². The molecule has 0 bridgehead atoms. The van der Waals surface area contributed by atoms with E-state index < -0.39 is 5.97 Å². The molecule has 0 aliphatic rings. The SMILES string of the molecule is CCOC(=O)C(=NOC)c1ccn(C)n1. The van der Waals surface area contributed by atoms with Crippen molar-refractivity contribution >= 4 is 11.7 Å². The van der Waals surface area contributed by atoms with E-state index in [0.717, 1.165) is 0 Å². The van der Waals surface area contributed by atoms with E-state index in [-0.39, 0.29) is 12.3 Å².